The Morgan fingerprint density at radius 2 is 1.74 bits per heavy atom. The maximum absolute atomic E-state index is 11.9. The number of nitrogens with zero attached hydrogens (tertiary/aromatic N) is 1. The molecular formula is C20H23N5O2. The van der Waals surface area contributed by atoms with Crippen molar-refractivity contribution in [2.45, 2.75) is 12.5 Å². The van der Waals surface area contributed by atoms with E-state index in [2.05, 4.69) is 26.7 Å². The van der Waals surface area contributed by atoms with E-state index in [1.54, 1.807) is 6.21 Å². The summed E-state index contributed by atoms with van der Waals surface area (Å²) in [7, 11) is 0. The van der Waals surface area contributed by atoms with Crippen LogP contribution in [0.4, 0.5) is 0 Å². The van der Waals surface area contributed by atoms with Gasteiger partial charge >= 0.3 is 0 Å². The van der Waals surface area contributed by atoms with Gasteiger partial charge in [-0.1, -0.05) is 60.7 Å². The average Bonchev–Trinajstić information content (AvgIpc) is 3.16. The van der Waals surface area contributed by atoms with E-state index in [0.717, 1.165) is 11.1 Å². The Labute approximate surface area is 158 Å². The van der Waals surface area contributed by atoms with Gasteiger partial charge in [0.15, 0.2) is 0 Å². The van der Waals surface area contributed by atoms with Crippen molar-refractivity contribution in [3.63, 3.8) is 0 Å². The summed E-state index contributed by atoms with van der Waals surface area (Å²) in [5.41, 5.74) is 10.8. The number of hydrazine groups is 1. The van der Waals surface area contributed by atoms with E-state index in [4.69, 9.17) is 0 Å². The predicted octanol–water partition coefficient (Wildman–Crippen LogP) is 0.913. The molecule has 1 fully saturated rings. The fourth-order valence-electron chi connectivity index (χ4n) is 2.91. The quantitative estimate of drug-likeness (QED) is 0.433. The first-order chi connectivity index (χ1) is 13.2. The summed E-state index contributed by atoms with van der Waals surface area (Å²) < 4.78 is 0. The second-order valence-corrected chi connectivity index (χ2v) is 6.33. The van der Waals surface area contributed by atoms with Crippen molar-refractivity contribution in [3.05, 3.63) is 71.8 Å². The predicted molar refractivity (Wildman–Crippen MR) is 104 cm³/mol. The monoisotopic (exact) mass is 365 g/mol. The molecule has 140 valence electrons. The molecule has 1 aliphatic rings. The Morgan fingerprint density at radius 3 is 2.48 bits per heavy atom. The summed E-state index contributed by atoms with van der Waals surface area (Å²) in [6, 6.07) is 19.5. The zero-order valence-electron chi connectivity index (χ0n) is 14.9. The van der Waals surface area contributed by atoms with Crippen LogP contribution in [0.3, 0.4) is 0 Å². The summed E-state index contributed by atoms with van der Waals surface area (Å²) in [4.78, 5) is 23.7. The average molecular weight is 365 g/mol. The van der Waals surface area contributed by atoms with Gasteiger partial charge in [0.25, 0.3) is 5.91 Å². The van der Waals surface area contributed by atoms with Crippen molar-refractivity contribution in [2.24, 2.45) is 11.0 Å². The van der Waals surface area contributed by atoms with Crippen LogP contribution >= 0.6 is 0 Å². The highest BCUT2D eigenvalue weighted by atomic mass is 16.2. The van der Waals surface area contributed by atoms with Gasteiger partial charge in [-0.15, -0.1) is 0 Å². The highest BCUT2D eigenvalue weighted by molar-refractivity contribution is 5.85. The lowest BCUT2D eigenvalue weighted by molar-refractivity contribution is -0.125. The van der Waals surface area contributed by atoms with Crippen LogP contribution in [0.15, 0.2) is 65.8 Å². The Morgan fingerprint density at radius 1 is 1.04 bits per heavy atom. The molecule has 1 saturated heterocycles. The lowest BCUT2D eigenvalue weighted by atomic mass is 9.96. The SMILES string of the molecule is O=C(Cc1ccccc1)NCC(=O)N/N=C/C1CNNC1c1ccccc1. The molecule has 1 heterocycles. The summed E-state index contributed by atoms with van der Waals surface area (Å²) >= 11 is 0. The first-order valence-corrected chi connectivity index (χ1v) is 8.88. The van der Waals surface area contributed by atoms with Gasteiger partial charge in [0.05, 0.1) is 19.0 Å². The molecule has 27 heavy (non-hydrogen) atoms. The van der Waals surface area contributed by atoms with Crippen LogP contribution in [0.5, 0.6) is 0 Å². The zero-order valence-corrected chi connectivity index (χ0v) is 14.9. The summed E-state index contributed by atoms with van der Waals surface area (Å²) in [6.45, 7) is 0.610. The molecular weight excluding hydrogens is 342 g/mol. The Kier molecular flexibility index (Phi) is 6.67. The third kappa shape index (κ3) is 5.73. The number of hydrogen-bond acceptors (Lipinski definition) is 5. The second kappa shape index (κ2) is 9.61. The molecule has 7 nitrogen and oxygen atoms in total. The number of hydrazone groups is 1. The molecule has 2 aromatic rings. The maximum atomic E-state index is 11.9. The molecule has 0 bridgehead atoms. The molecule has 0 spiro atoms. The molecule has 2 atom stereocenters. The second-order valence-electron chi connectivity index (χ2n) is 6.33. The zero-order chi connectivity index (χ0) is 18.9. The third-order valence-corrected chi connectivity index (χ3v) is 4.29. The van der Waals surface area contributed by atoms with Crippen LogP contribution in [0.2, 0.25) is 0 Å². The fourth-order valence-corrected chi connectivity index (χ4v) is 2.91. The van der Waals surface area contributed by atoms with Crippen molar-refractivity contribution in [3.8, 4) is 0 Å². The van der Waals surface area contributed by atoms with Crippen molar-refractivity contribution < 1.29 is 9.59 Å². The number of amides is 2. The molecule has 0 aliphatic carbocycles. The van der Waals surface area contributed by atoms with Crippen LogP contribution in [0, 0.1) is 5.92 Å². The van der Waals surface area contributed by atoms with E-state index >= 15 is 0 Å². The van der Waals surface area contributed by atoms with Crippen LogP contribution in [0.1, 0.15) is 17.2 Å². The molecule has 2 unspecified atom stereocenters. The minimum Gasteiger partial charge on any atom is -0.347 e. The smallest absolute Gasteiger partial charge is 0.259 e. The minimum atomic E-state index is -0.358. The molecule has 0 aromatic heterocycles. The minimum absolute atomic E-state index is 0.0948. The van der Waals surface area contributed by atoms with Gasteiger partial charge in [0.1, 0.15) is 0 Å². The number of benzene rings is 2. The van der Waals surface area contributed by atoms with Crippen molar-refractivity contribution in [2.75, 3.05) is 13.1 Å². The summed E-state index contributed by atoms with van der Waals surface area (Å²) in [6.07, 6.45) is 1.96. The summed E-state index contributed by atoms with van der Waals surface area (Å²) in [5, 5.41) is 6.63. The van der Waals surface area contributed by atoms with E-state index in [1.807, 2.05) is 60.7 Å². The van der Waals surface area contributed by atoms with Crippen molar-refractivity contribution >= 4 is 18.0 Å². The Balaban J connectivity index is 1.41. The van der Waals surface area contributed by atoms with Gasteiger partial charge in [-0.25, -0.2) is 10.9 Å². The summed E-state index contributed by atoms with van der Waals surface area (Å²) in [5.74, 6) is -0.447. The van der Waals surface area contributed by atoms with Gasteiger partial charge in [-0.05, 0) is 11.1 Å². The Bertz CT molecular complexity index is 779. The largest absolute Gasteiger partial charge is 0.347 e. The van der Waals surface area contributed by atoms with Crippen LogP contribution in [0.25, 0.3) is 0 Å². The van der Waals surface area contributed by atoms with Gasteiger partial charge in [-0.3, -0.25) is 15.0 Å². The lowest BCUT2D eigenvalue weighted by Gasteiger charge is -2.14. The molecule has 7 heteroatoms. The number of carbonyl (C=O) groups is 2. The highest BCUT2D eigenvalue weighted by Crippen LogP contribution is 2.22. The van der Waals surface area contributed by atoms with E-state index in [0.29, 0.717) is 6.54 Å². The van der Waals surface area contributed by atoms with E-state index in [1.165, 1.54) is 0 Å². The maximum Gasteiger partial charge on any atom is 0.259 e. The van der Waals surface area contributed by atoms with E-state index in [-0.39, 0.29) is 36.7 Å². The van der Waals surface area contributed by atoms with Gasteiger partial charge in [0, 0.05) is 18.7 Å². The third-order valence-electron chi connectivity index (χ3n) is 4.29. The lowest BCUT2D eigenvalue weighted by Crippen LogP contribution is -2.35. The Hall–Kier alpha value is -3.03. The number of carbonyl (C=O) groups excluding carboxylic acids is 2. The molecule has 0 saturated carbocycles. The molecule has 0 radical (unpaired) electrons. The van der Waals surface area contributed by atoms with E-state index in [9.17, 15) is 9.59 Å². The van der Waals surface area contributed by atoms with Crippen LogP contribution < -0.4 is 21.6 Å². The van der Waals surface area contributed by atoms with Gasteiger partial charge in [-0.2, -0.15) is 5.10 Å². The number of hydrogen-bond donors (Lipinski definition) is 4. The van der Waals surface area contributed by atoms with Crippen LogP contribution in [-0.2, 0) is 16.0 Å². The van der Waals surface area contributed by atoms with Gasteiger partial charge < -0.3 is 5.32 Å². The van der Waals surface area contributed by atoms with Crippen LogP contribution in [-0.4, -0.2) is 31.1 Å². The molecule has 2 aromatic carbocycles. The molecule has 1 aliphatic heterocycles. The normalized spacial score (nSPS) is 19.1. The standard InChI is InChI=1S/C20H23N5O2/c26-18(11-15-7-3-1-4-8-15)21-14-19(27)24-22-12-17-13-23-25-20(17)16-9-5-2-6-10-16/h1-10,12,17,20,23,25H,11,13-14H2,(H,21,26)(H,24,27)/b22-12+. The van der Waals surface area contributed by atoms with Crippen molar-refractivity contribution in [1.82, 2.24) is 21.6 Å². The number of nitrogens with one attached hydrogen (secondary N) is 4. The topological polar surface area (TPSA) is 94.6 Å². The fraction of sp³-hybridized carbons (Fsp3) is 0.250. The van der Waals surface area contributed by atoms with E-state index < -0.39 is 0 Å². The first-order valence-electron chi connectivity index (χ1n) is 8.88. The molecule has 3 rings (SSSR count). The highest BCUT2D eigenvalue weighted by Gasteiger charge is 2.26. The van der Waals surface area contributed by atoms with Gasteiger partial charge in [0.2, 0.25) is 5.91 Å². The number of rotatable bonds is 7. The molecule has 2 amide bonds. The molecule has 4 N–H and O–H groups in total. The first kappa shape index (κ1) is 18.8. The van der Waals surface area contributed by atoms with Crippen molar-refractivity contribution in [1.29, 1.82) is 0 Å².